The first-order chi connectivity index (χ1) is 7.30. The van der Waals surface area contributed by atoms with E-state index in [1.807, 2.05) is 33.8 Å². The summed E-state index contributed by atoms with van der Waals surface area (Å²) in [5, 5.41) is 2.78. The van der Waals surface area contributed by atoms with Crippen LogP contribution in [0.3, 0.4) is 0 Å². The molecule has 0 fully saturated rings. The molecule has 94 valence electrons. The Morgan fingerprint density at radius 1 is 1.56 bits per heavy atom. The first kappa shape index (κ1) is 15.0. The van der Waals surface area contributed by atoms with E-state index in [1.54, 1.807) is 0 Å². The highest BCUT2D eigenvalue weighted by molar-refractivity contribution is 5.68. The van der Waals surface area contributed by atoms with Crippen LogP contribution >= 0.6 is 0 Å². The lowest BCUT2D eigenvalue weighted by molar-refractivity contribution is 0.0493. The summed E-state index contributed by atoms with van der Waals surface area (Å²) in [6.45, 7) is 11.6. The van der Waals surface area contributed by atoms with E-state index in [0.29, 0.717) is 6.54 Å². The molecule has 2 atom stereocenters. The normalized spacial score (nSPS) is 15.1. The average molecular weight is 228 g/mol. The molecule has 0 aromatic heterocycles. The highest BCUT2D eigenvalue weighted by Crippen LogP contribution is 2.10. The maximum absolute atomic E-state index is 11.5. The van der Waals surface area contributed by atoms with Crippen molar-refractivity contribution in [1.29, 1.82) is 0 Å². The Morgan fingerprint density at radius 2 is 2.12 bits per heavy atom. The molecule has 3 N–H and O–H groups in total. The van der Waals surface area contributed by atoms with Crippen LogP contribution < -0.4 is 11.1 Å². The van der Waals surface area contributed by atoms with Gasteiger partial charge in [0.25, 0.3) is 0 Å². The zero-order valence-electron chi connectivity index (χ0n) is 10.7. The monoisotopic (exact) mass is 228 g/mol. The summed E-state index contributed by atoms with van der Waals surface area (Å²) in [6, 6.07) is -0.0159. The lowest BCUT2D eigenvalue weighted by Crippen LogP contribution is -2.43. The van der Waals surface area contributed by atoms with E-state index in [-0.39, 0.29) is 12.0 Å². The number of carbonyl (C=O) groups is 1. The van der Waals surface area contributed by atoms with Gasteiger partial charge in [-0.2, -0.15) is 0 Å². The van der Waals surface area contributed by atoms with Crippen molar-refractivity contribution in [2.24, 2.45) is 11.7 Å². The van der Waals surface area contributed by atoms with Crippen molar-refractivity contribution in [1.82, 2.24) is 5.32 Å². The van der Waals surface area contributed by atoms with Gasteiger partial charge in [0.15, 0.2) is 0 Å². The van der Waals surface area contributed by atoms with Crippen LogP contribution in [0.2, 0.25) is 0 Å². The fourth-order valence-corrected chi connectivity index (χ4v) is 1.33. The molecule has 0 unspecified atom stereocenters. The highest BCUT2D eigenvalue weighted by atomic mass is 16.6. The number of rotatable bonds is 5. The van der Waals surface area contributed by atoms with E-state index in [2.05, 4.69) is 11.9 Å². The van der Waals surface area contributed by atoms with Crippen LogP contribution in [0.5, 0.6) is 0 Å². The summed E-state index contributed by atoms with van der Waals surface area (Å²) in [7, 11) is 0. The number of carbonyl (C=O) groups excluding carboxylic acids is 1. The Hall–Kier alpha value is -1.03. The number of alkyl carbamates (subject to hydrolysis) is 1. The SMILES string of the molecule is C=CC[C@@H](CN)[C@@H](C)NC(=O)OC(C)(C)C. The lowest BCUT2D eigenvalue weighted by Gasteiger charge is -2.25. The fraction of sp³-hybridized carbons (Fsp3) is 0.750. The van der Waals surface area contributed by atoms with E-state index >= 15 is 0 Å². The molecule has 16 heavy (non-hydrogen) atoms. The smallest absolute Gasteiger partial charge is 0.407 e. The Balaban J connectivity index is 4.16. The Kier molecular flexibility index (Phi) is 6.11. The van der Waals surface area contributed by atoms with Crippen LogP contribution in [0.4, 0.5) is 4.79 Å². The van der Waals surface area contributed by atoms with Crippen molar-refractivity contribution in [2.75, 3.05) is 6.54 Å². The topological polar surface area (TPSA) is 64.3 Å². The van der Waals surface area contributed by atoms with Gasteiger partial charge in [-0.05, 0) is 46.6 Å². The van der Waals surface area contributed by atoms with Crippen LogP contribution in [0.1, 0.15) is 34.1 Å². The van der Waals surface area contributed by atoms with Crippen molar-refractivity contribution < 1.29 is 9.53 Å². The van der Waals surface area contributed by atoms with Gasteiger partial charge in [0.05, 0.1) is 0 Å². The zero-order chi connectivity index (χ0) is 12.8. The molecule has 0 aliphatic heterocycles. The summed E-state index contributed by atoms with van der Waals surface area (Å²) < 4.78 is 5.16. The Labute approximate surface area is 98.2 Å². The van der Waals surface area contributed by atoms with E-state index in [1.165, 1.54) is 0 Å². The fourth-order valence-electron chi connectivity index (χ4n) is 1.33. The molecule has 4 heteroatoms. The van der Waals surface area contributed by atoms with Gasteiger partial charge in [0.2, 0.25) is 0 Å². The van der Waals surface area contributed by atoms with Crippen molar-refractivity contribution in [2.45, 2.75) is 45.8 Å². The highest BCUT2D eigenvalue weighted by Gasteiger charge is 2.21. The predicted molar refractivity (Wildman–Crippen MR) is 66.2 cm³/mol. The number of nitrogens with one attached hydrogen (secondary N) is 1. The maximum Gasteiger partial charge on any atom is 0.407 e. The second-order valence-corrected chi connectivity index (χ2v) is 4.96. The number of amides is 1. The number of nitrogens with two attached hydrogens (primary N) is 1. The van der Waals surface area contributed by atoms with Crippen LogP contribution in [0.15, 0.2) is 12.7 Å². The van der Waals surface area contributed by atoms with Gasteiger partial charge in [-0.3, -0.25) is 0 Å². The average Bonchev–Trinajstić information content (AvgIpc) is 2.10. The molecule has 0 spiro atoms. The molecule has 0 aliphatic carbocycles. The summed E-state index contributed by atoms with van der Waals surface area (Å²) in [5.41, 5.74) is 5.15. The number of hydrogen-bond acceptors (Lipinski definition) is 3. The molecule has 0 saturated heterocycles. The van der Waals surface area contributed by atoms with Gasteiger partial charge in [-0.15, -0.1) is 6.58 Å². The van der Waals surface area contributed by atoms with Crippen molar-refractivity contribution in [3.05, 3.63) is 12.7 Å². The molecule has 0 saturated carbocycles. The van der Waals surface area contributed by atoms with Gasteiger partial charge in [0.1, 0.15) is 5.60 Å². The number of ether oxygens (including phenoxy) is 1. The molecule has 0 bridgehead atoms. The van der Waals surface area contributed by atoms with Crippen molar-refractivity contribution >= 4 is 6.09 Å². The van der Waals surface area contributed by atoms with E-state index < -0.39 is 11.7 Å². The van der Waals surface area contributed by atoms with Crippen molar-refractivity contribution in [3.8, 4) is 0 Å². The van der Waals surface area contributed by atoms with Gasteiger partial charge in [-0.25, -0.2) is 4.79 Å². The third kappa shape index (κ3) is 6.45. The van der Waals surface area contributed by atoms with Crippen LogP contribution in [0, 0.1) is 5.92 Å². The summed E-state index contributed by atoms with van der Waals surface area (Å²) in [5.74, 6) is 0.199. The van der Waals surface area contributed by atoms with E-state index in [0.717, 1.165) is 6.42 Å². The molecule has 0 radical (unpaired) electrons. The third-order valence-corrected chi connectivity index (χ3v) is 2.22. The zero-order valence-corrected chi connectivity index (χ0v) is 10.7. The maximum atomic E-state index is 11.5. The largest absolute Gasteiger partial charge is 0.444 e. The lowest BCUT2D eigenvalue weighted by atomic mass is 9.98. The van der Waals surface area contributed by atoms with Gasteiger partial charge in [-0.1, -0.05) is 6.08 Å². The second-order valence-electron chi connectivity index (χ2n) is 4.96. The summed E-state index contributed by atoms with van der Waals surface area (Å²) >= 11 is 0. The molecular formula is C12H24N2O2. The Morgan fingerprint density at radius 3 is 2.50 bits per heavy atom. The van der Waals surface area contributed by atoms with Gasteiger partial charge < -0.3 is 15.8 Å². The predicted octanol–water partition coefficient (Wildman–Crippen LogP) is 2.05. The van der Waals surface area contributed by atoms with Gasteiger partial charge in [0, 0.05) is 6.04 Å². The second kappa shape index (κ2) is 6.53. The standard InChI is InChI=1S/C12H24N2O2/c1-6-7-10(8-13)9(2)14-11(15)16-12(3,4)5/h6,9-10H,1,7-8,13H2,2-5H3,(H,14,15)/t9-,10+/m1/s1. The minimum Gasteiger partial charge on any atom is -0.444 e. The van der Waals surface area contributed by atoms with E-state index in [4.69, 9.17) is 10.5 Å². The minimum absolute atomic E-state index is 0.0159. The summed E-state index contributed by atoms with van der Waals surface area (Å²) in [4.78, 5) is 11.5. The molecule has 4 nitrogen and oxygen atoms in total. The summed E-state index contributed by atoms with van der Waals surface area (Å²) in [6.07, 6.45) is 2.20. The molecule has 0 heterocycles. The molecule has 0 aromatic carbocycles. The molecule has 1 amide bonds. The number of allylic oxidation sites excluding steroid dienone is 1. The van der Waals surface area contributed by atoms with E-state index in [9.17, 15) is 4.79 Å². The van der Waals surface area contributed by atoms with Crippen LogP contribution in [0.25, 0.3) is 0 Å². The minimum atomic E-state index is -0.472. The molecular weight excluding hydrogens is 204 g/mol. The van der Waals surface area contributed by atoms with Gasteiger partial charge >= 0.3 is 6.09 Å². The van der Waals surface area contributed by atoms with Crippen molar-refractivity contribution in [3.63, 3.8) is 0 Å². The molecule has 0 rings (SSSR count). The molecule has 0 aromatic rings. The first-order valence-electron chi connectivity index (χ1n) is 5.60. The number of hydrogen-bond donors (Lipinski definition) is 2. The third-order valence-electron chi connectivity index (χ3n) is 2.22. The molecule has 0 aliphatic rings. The van der Waals surface area contributed by atoms with Crippen LogP contribution in [-0.2, 0) is 4.74 Å². The Bertz CT molecular complexity index is 234. The first-order valence-corrected chi connectivity index (χ1v) is 5.60. The quantitative estimate of drug-likeness (QED) is 0.708. The van der Waals surface area contributed by atoms with Crippen LogP contribution in [-0.4, -0.2) is 24.3 Å².